The standard InChI is InChI=1S/C14H20O3S/c1-9-7-14(18(16)8-10(9)2)11-5-3-4-6-12(11)17-13(14)15/h11-12H,3-8H2,1-2H3/t11-,12+,14?,18?/m1/s1. The van der Waals surface area contributed by atoms with Crippen molar-refractivity contribution in [1.29, 1.82) is 0 Å². The van der Waals surface area contributed by atoms with Gasteiger partial charge < -0.3 is 4.74 Å². The molecule has 1 spiro atoms. The van der Waals surface area contributed by atoms with Crippen molar-refractivity contribution in [3.05, 3.63) is 11.1 Å². The highest BCUT2D eigenvalue weighted by molar-refractivity contribution is 7.87. The first-order valence-corrected chi connectivity index (χ1v) is 8.12. The van der Waals surface area contributed by atoms with Gasteiger partial charge in [0.1, 0.15) is 6.10 Å². The van der Waals surface area contributed by atoms with Gasteiger partial charge >= 0.3 is 5.97 Å². The van der Waals surface area contributed by atoms with Crippen LogP contribution in [-0.2, 0) is 20.3 Å². The van der Waals surface area contributed by atoms with E-state index in [1.807, 2.05) is 6.92 Å². The average Bonchev–Trinajstić information content (AvgIpc) is 2.61. The Morgan fingerprint density at radius 1 is 1.22 bits per heavy atom. The zero-order valence-electron chi connectivity index (χ0n) is 11.0. The molecule has 2 heterocycles. The van der Waals surface area contributed by atoms with Crippen molar-refractivity contribution in [3.8, 4) is 0 Å². The molecule has 0 N–H and O–H groups in total. The Bertz CT molecular complexity index is 454. The molecule has 1 saturated carbocycles. The molecule has 4 atom stereocenters. The first kappa shape index (κ1) is 12.4. The number of allylic oxidation sites excluding steroid dienone is 1. The van der Waals surface area contributed by atoms with Gasteiger partial charge in [-0.25, -0.2) is 0 Å². The first-order chi connectivity index (χ1) is 8.55. The molecule has 0 bridgehead atoms. The lowest BCUT2D eigenvalue weighted by molar-refractivity contribution is -0.143. The topological polar surface area (TPSA) is 43.4 Å². The maximum atomic E-state index is 12.6. The second kappa shape index (κ2) is 4.19. The fourth-order valence-electron chi connectivity index (χ4n) is 3.70. The van der Waals surface area contributed by atoms with Crippen LogP contribution < -0.4 is 0 Å². The van der Waals surface area contributed by atoms with Gasteiger partial charge in [-0.3, -0.25) is 9.00 Å². The van der Waals surface area contributed by atoms with Crippen LogP contribution in [0.3, 0.4) is 0 Å². The van der Waals surface area contributed by atoms with E-state index < -0.39 is 15.5 Å². The zero-order chi connectivity index (χ0) is 12.9. The number of ether oxygens (including phenoxy) is 1. The van der Waals surface area contributed by atoms with Crippen LogP contribution in [0.4, 0.5) is 0 Å². The highest BCUT2D eigenvalue weighted by Gasteiger charge is 2.62. The van der Waals surface area contributed by atoms with Crippen LogP contribution in [0.2, 0.25) is 0 Å². The predicted octanol–water partition coefficient (Wildman–Crippen LogP) is 2.33. The summed E-state index contributed by atoms with van der Waals surface area (Å²) in [6.45, 7) is 4.09. The first-order valence-electron chi connectivity index (χ1n) is 6.80. The molecule has 18 heavy (non-hydrogen) atoms. The van der Waals surface area contributed by atoms with Crippen molar-refractivity contribution in [1.82, 2.24) is 0 Å². The fourth-order valence-corrected chi connectivity index (χ4v) is 5.81. The van der Waals surface area contributed by atoms with E-state index in [9.17, 15) is 9.00 Å². The molecule has 2 unspecified atom stereocenters. The molecule has 0 radical (unpaired) electrons. The minimum absolute atomic E-state index is 0.0291. The highest BCUT2D eigenvalue weighted by Crippen LogP contribution is 2.49. The molecule has 2 fully saturated rings. The van der Waals surface area contributed by atoms with Crippen molar-refractivity contribution in [2.24, 2.45) is 5.92 Å². The lowest BCUT2D eigenvalue weighted by Crippen LogP contribution is -2.50. The van der Waals surface area contributed by atoms with Crippen molar-refractivity contribution >= 4 is 16.8 Å². The van der Waals surface area contributed by atoms with Gasteiger partial charge in [-0.15, -0.1) is 0 Å². The van der Waals surface area contributed by atoms with Gasteiger partial charge in [-0.2, -0.15) is 0 Å². The Hall–Kier alpha value is -0.640. The molecule has 3 aliphatic rings. The summed E-state index contributed by atoms with van der Waals surface area (Å²) < 4.78 is 17.5. The highest BCUT2D eigenvalue weighted by atomic mass is 32.2. The van der Waals surface area contributed by atoms with E-state index in [1.165, 1.54) is 11.1 Å². The summed E-state index contributed by atoms with van der Waals surface area (Å²) in [4.78, 5) is 12.3. The number of carbonyl (C=O) groups excluding carboxylic acids is 1. The van der Waals surface area contributed by atoms with Gasteiger partial charge in [-0.05, 0) is 39.5 Å². The zero-order valence-corrected chi connectivity index (χ0v) is 11.8. The SMILES string of the molecule is CC1=C(C)CC2(C(=O)O[C@H]3CCCC[C@H]32)S(=O)C1. The van der Waals surface area contributed by atoms with E-state index in [4.69, 9.17) is 4.74 Å². The van der Waals surface area contributed by atoms with Gasteiger partial charge in [-0.1, -0.05) is 17.6 Å². The van der Waals surface area contributed by atoms with Gasteiger partial charge in [0.25, 0.3) is 0 Å². The number of rotatable bonds is 0. The number of carbonyl (C=O) groups is 1. The van der Waals surface area contributed by atoms with E-state index in [0.29, 0.717) is 12.2 Å². The summed E-state index contributed by atoms with van der Waals surface area (Å²) in [5, 5.41) is 0. The predicted molar refractivity (Wildman–Crippen MR) is 70.6 cm³/mol. The Kier molecular flexibility index (Phi) is 2.88. The summed E-state index contributed by atoms with van der Waals surface area (Å²) in [5.74, 6) is 0.539. The van der Waals surface area contributed by atoms with E-state index >= 15 is 0 Å². The lowest BCUT2D eigenvalue weighted by atomic mass is 9.76. The molecule has 0 aromatic heterocycles. The molecule has 1 saturated heterocycles. The lowest BCUT2D eigenvalue weighted by Gasteiger charge is -2.37. The summed E-state index contributed by atoms with van der Waals surface area (Å²) in [6.07, 6.45) is 4.89. The molecule has 0 amide bonds. The third kappa shape index (κ3) is 1.54. The largest absolute Gasteiger partial charge is 0.461 e. The van der Waals surface area contributed by atoms with Gasteiger partial charge in [0.05, 0.1) is 0 Å². The van der Waals surface area contributed by atoms with Crippen molar-refractivity contribution in [3.63, 3.8) is 0 Å². The number of fused-ring (bicyclic) bond motifs is 2. The molecule has 100 valence electrons. The smallest absolute Gasteiger partial charge is 0.325 e. The van der Waals surface area contributed by atoms with Crippen molar-refractivity contribution in [2.75, 3.05) is 5.75 Å². The van der Waals surface area contributed by atoms with Gasteiger partial charge in [0.15, 0.2) is 4.75 Å². The normalized spacial score (nSPS) is 44.1. The van der Waals surface area contributed by atoms with Crippen LogP contribution in [0.25, 0.3) is 0 Å². The van der Waals surface area contributed by atoms with E-state index in [1.54, 1.807) is 0 Å². The molecule has 4 heteroatoms. The Morgan fingerprint density at radius 2 is 1.94 bits per heavy atom. The van der Waals surface area contributed by atoms with Crippen LogP contribution in [0, 0.1) is 5.92 Å². The minimum atomic E-state index is -1.11. The third-order valence-corrected chi connectivity index (χ3v) is 7.04. The number of hydrogen-bond donors (Lipinski definition) is 0. The third-order valence-electron chi connectivity index (χ3n) is 4.92. The fraction of sp³-hybridized carbons (Fsp3) is 0.786. The summed E-state index contributed by atoms with van der Waals surface area (Å²) in [7, 11) is -1.11. The molecule has 3 nitrogen and oxygen atoms in total. The Balaban J connectivity index is 2.03. The van der Waals surface area contributed by atoms with Crippen LogP contribution >= 0.6 is 0 Å². The number of hydrogen-bond acceptors (Lipinski definition) is 3. The monoisotopic (exact) mass is 268 g/mol. The summed E-state index contributed by atoms with van der Waals surface area (Å²) in [5.41, 5.74) is 2.42. The second-order valence-electron chi connectivity index (χ2n) is 5.95. The van der Waals surface area contributed by atoms with E-state index in [2.05, 4.69) is 6.92 Å². The average molecular weight is 268 g/mol. The van der Waals surface area contributed by atoms with Crippen LogP contribution in [-0.4, -0.2) is 26.8 Å². The molecule has 3 rings (SSSR count). The molecule has 0 aromatic carbocycles. The molecule has 1 aliphatic carbocycles. The molecular weight excluding hydrogens is 248 g/mol. The quantitative estimate of drug-likeness (QED) is 0.500. The maximum Gasteiger partial charge on any atom is 0.325 e. The van der Waals surface area contributed by atoms with Crippen LogP contribution in [0.5, 0.6) is 0 Å². The molecule has 2 aliphatic heterocycles. The van der Waals surface area contributed by atoms with Crippen LogP contribution in [0.1, 0.15) is 46.0 Å². The Morgan fingerprint density at radius 3 is 2.72 bits per heavy atom. The Labute approximate surface area is 110 Å². The second-order valence-corrected chi connectivity index (χ2v) is 7.66. The summed E-state index contributed by atoms with van der Waals surface area (Å²) >= 11 is 0. The van der Waals surface area contributed by atoms with Crippen molar-refractivity contribution < 1.29 is 13.7 Å². The summed E-state index contributed by atoms with van der Waals surface area (Å²) in [6, 6.07) is 0. The van der Waals surface area contributed by atoms with Crippen molar-refractivity contribution in [2.45, 2.75) is 56.8 Å². The van der Waals surface area contributed by atoms with Gasteiger partial charge in [0.2, 0.25) is 0 Å². The maximum absolute atomic E-state index is 12.6. The number of esters is 1. The molecule has 0 aromatic rings. The molecular formula is C14H20O3S. The van der Waals surface area contributed by atoms with Gasteiger partial charge in [0, 0.05) is 22.5 Å². The minimum Gasteiger partial charge on any atom is -0.461 e. The van der Waals surface area contributed by atoms with Crippen LogP contribution in [0.15, 0.2) is 11.1 Å². The van der Waals surface area contributed by atoms with E-state index in [0.717, 1.165) is 25.7 Å². The van der Waals surface area contributed by atoms with E-state index in [-0.39, 0.29) is 18.0 Å².